The van der Waals surface area contributed by atoms with Crippen molar-refractivity contribution in [3.8, 4) is 0 Å². The van der Waals surface area contributed by atoms with E-state index in [2.05, 4.69) is 0 Å². The predicted molar refractivity (Wildman–Crippen MR) is 66.7 cm³/mol. The number of rotatable bonds is 2. The van der Waals surface area contributed by atoms with Gasteiger partial charge < -0.3 is 0 Å². The zero-order valence-electron chi connectivity index (χ0n) is 9.21. The van der Waals surface area contributed by atoms with Crippen molar-refractivity contribution in [1.82, 2.24) is 0 Å². The SMILES string of the molecule is O=C(C(Cl)=C1CCCCC1)c1ccccc1. The number of hydrogen-bond acceptors (Lipinski definition) is 1. The topological polar surface area (TPSA) is 17.1 Å². The maximum absolute atomic E-state index is 12.1. The summed E-state index contributed by atoms with van der Waals surface area (Å²) < 4.78 is 0. The summed E-state index contributed by atoms with van der Waals surface area (Å²) in [5, 5.41) is 0.450. The number of ketones is 1. The molecule has 1 aliphatic carbocycles. The van der Waals surface area contributed by atoms with E-state index in [1.54, 1.807) is 0 Å². The molecule has 1 nitrogen and oxygen atoms in total. The van der Waals surface area contributed by atoms with Crippen molar-refractivity contribution in [3.05, 3.63) is 46.5 Å². The first kappa shape index (κ1) is 11.4. The molecule has 0 unspecified atom stereocenters. The number of allylic oxidation sites excluding steroid dienone is 2. The van der Waals surface area contributed by atoms with E-state index in [9.17, 15) is 4.79 Å². The molecule has 0 heterocycles. The molecule has 16 heavy (non-hydrogen) atoms. The van der Waals surface area contributed by atoms with E-state index in [0.717, 1.165) is 31.3 Å². The lowest BCUT2D eigenvalue weighted by Gasteiger charge is -2.15. The summed E-state index contributed by atoms with van der Waals surface area (Å²) >= 11 is 6.17. The highest BCUT2D eigenvalue weighted by Crippen LogP contribution is 2.29. The minimum absolute atomic E-state index is 0.0285. The van der Waals surface area contributed by atoms with Gasteiger partial charge in [0.15, 0.2) is 0 Å². The van der Waals surface area contributed by atoms with Crippen molar-refractivity contribution in [2.24, 2.45) is 0 Å². The van der Waals surface area contributed by atoms with Crippen LogP contribution in [0.4, 0.5) is 0 Å². The lowest BCUT2D eigenvalue weighted by Crippen LogP contribution is -2.04. The lowest BCUT2D eigenvalue weighted by molar-refractivity contribution is 0.104. The van der Waals surface area contributed by atoms with Gasteiger partial charge in [-0.1, -0.05) is 48.4 Å². The Morgan fingerprint density at radius 2 is 1.62 bits per heavy atom. The van der Waals surface area contributed by atoms with Gasteiger partial charge in [-0.25, -0.2) is 0 Å². The zero-order chi connectivity index (χ0) is 11.4. The van der Waals surface area contributed by atoms with Crippen LogP contribution in [0.2, 0.25) is 0 Å². The molecule has 0 atom stereocenters. The normalized spacial score (nSPS) is 15.9. The van der Waals surface area contributed by atoms with Gasteiger partial charge >= 0.3 is 0 Å². The summed E-state index contributed by atoms with van der Waals surface area (Å²) in [6.07, 6.45) is 5.54. The molecule has 0 radical (unpaired) electrons. The van der Waals surface area contributed by atoms with E-state index in [1.165, 1.54) is 6.42 Å². The number of carbonyl (C=O) groups excluding carboxylic acids is 1. The Morgan fingerprint density at radius 1 is 1.00 bits per heavy atom. The summed E-state index contributed by atoms with van der Waals surface area (Å²) in [6.45, 7) is 0. The van der Waals surface area contributed by atoms with E-state index in [-0.39, 0.29) is 5.78 Å². The highest BCUT2D eigenvalue weighted by molar-refractivity contribution is 6.45. The van der Waals surface area contributed by atoms with Gasteiger partial charge in [-0.2, -0.15) is 0 Å². The molecular weight excluding hydrogens is 220 g/mol. The van der Waals surface area contributed by atoms with E-state index >= 15 is 0 Å². The Balaban J connectivity index is 2.21. The molecule has 0 amide bonds. The van der Waals surface area contributed by atoms with Gasteiger partial charge in [0.2, 0.25) is 5.78 Å². The molecule has 0 aromatic heterocycles. The minimum Gasteiger partial charge on any atom is -0.288 e. The van der Waals surface area contributed by atoms with Crippen molar-refractivity contribution in [2.45, 2.75) is 32.1 Å². The van der Waals surface area contributed by atoms with Crippen LogP contribution in [0.3, 0.4) is 0 Å². The molecule has 0 aliphatic heterocycles. The molecule has 84 valence electrons. The van der Waals surface area contributed by atoms with Gasteiger partial charge in [0.05, 0.1) is 5.03 Å². The summed E-state index contributed by atoms with van der Waals surface area (Å²) in [5.41, 5.74) is 1.83. The number of Topliss-reactive ketones (excluding diaryl/α,β-unsaturated/α-hetero) is 1. The molecule has 1 fully saturated rings. The van der Waals surface area contributed by atoms with Crippen LogP contribution in [0.25, 0.3) is 0 Å². The first-order valence-electron chi connectivity index (χ1n) is 5.76. The van der Waals surface area contributed by atoms with Crippen LogP contribution in [-0.4, -0.2) is 5.78 Å². The van der Waals surface area contributed by atoms with E-state index < -0.39 is 0 Å². The third kappa shape index (κ3) is 2.53. The number of halogens is 1. The number of carbonyl (C=O) groups is 1. The van der Waals surface area contributed by atoms with Crippen LogP contribution in [0.15, 0.2) is 40.9 Å². The molecular formula is C14H15ClO. The second kappa shape index (κ2) is 5.31. The maximum atomic E-state index is 12.1. The van der Waals surface area contributed by atoms with Crippen LogP contribution in [0.5, 0.6) is 0 Å². The number of hydrogen-bond donors (Lipinski definition) is 0. The van der Waals surface area contributed by atoms with E-state index in [1.807, 2.05) is 30.3 Å². The quantitative estimate of drug-likeness (QED) is 0.550. The van der Waals surface area contributed by atoms with Crippen molar-refractivity contribution in [3.63, 3.8) is 0 Å². The van der Waals surface area contributed by atoms with Gasteiger partial charge in [-0.3, -0.25) is 4.79 Å². The molecule has 0 N–H and O–H groups in total. The largest absolute Gasteiger partial charge is 0.288 e. The highest BCUT2D eigenvalue weighted by Gasteiger charge is 2.16. The second-order valence-electron chi connectivity index (χ2n) is 4.17. The van der Waals surface area contributed by atoms with E-state index in [4.69, 9.17) is 11.6 Å². The molecule has 1 aliphatic rings. The predicted octanol–water partition coefficient (Wildman–Crippen LogP) is 4.33. The van der Waals surface area contributed by atoms with Gasteiger partial charge in [0.25, 0.3) is 0 Å². The Morgan fingerprint density at radius 3 is 2.25 bits per heavy atom. The zero-order valence-corrected chi connectivity index (χ0v) is 9.96. The average Bonchev–Trinajstić information content (AvgIpc) is 2.39. The van der Waals surface area contributed by atoms with Gasteiger partial charge in [0, 0.05) is 5.56 Å². The maximum Gasteiger partial charge on any atom is 0.204 e. The first-order valence-corrected chi connectivity index (χ1v) is 6.14. The number of benzene rings is 1. The van der Waals surface area contributed by atoms with Crippen LogP contribution in [0, 0.1) is 0 Å². The Labute approximate surface area is 101 Å². The fraction of sp³-hybridized carbons (Fsp3) is 0.357. The molecule has 0 bridgehead atoms. The van der Waals surface area contributed by atoms with E-state index in [0.29, 0.717) is 10.6 Å². The van der Waals surface area contributed by atoms with Crippen LogP contribution >= 0.6 is 11.6 Å². The first-order chi connectivity index (χ1) is 7.79. The molecule has 1 aromatic carbocycles. The van der Waals surface area contributed by atoms with Gasteiger partial charge in [-0.05, 0) is 31.3 Å². The van der Waals surface area contributed by atoms with Crippen molar-refractivity contribution in [2.75, 3.05) is 0 Å². The summed E-state index contributed by atoms with van der Waals surface area (Å²) in [6, 6.07) is 9.26. The van der Waals surface area contributed by atoms with Crippen molar-refractivity contribution < 1.29 is 4.79 Å². The van der Waals surface area contributed by atoms with Gasteiger partial charge in [-0.15, -0.1) is 0 Å². The fourth-order valence-electron chi connectivity index (χ4n) is 2.07. The Kier molecular flexibility index (Phi) is 3.79. The summed E-state index contributed by atoms with van der Waals surface area (Å²) in [5.74, 6) is -0.0285. The molecule has 1 saturated carbocycles. The Bertz CT molecular complexity index is 398. The van der Waals surface area contributed by atoms with Crippen molar-refractivity contribution in [1.29, 1.82) is 0 Å². The lowest BCUT2D eigenvalue weighted by atomic mass is 9.93. The standard InChI is InChI=1S/C14H15ClO/c15-13(11-7-3-1-4-8-11)14(16)12-9-5-2-6-10-12/h2,5-6,9-10H,1,3-4,7-8H2. The Hall–Kier alpha value is -1.08. The monoisotopic (exact) mass is 234 g/mol. The second-order valence-corrected chi connectivity index (χ2v) is 4.55. The average molecular weight is 235 g/mol. The minimum atomic E-state index is -0.0285. The molecule has 2 heteroatoms. The van der Waals surface area contributed by atoms with Gasteiger partial charge in [0.1, 0.15) is 0 Å². The summed E-state index contributed by atoms with van der Waals surface area (Å²) in [4.78, 5) is 12.1. The third-order valence-corrected chi connectivity index (χ3v) is 3.44. The molecule has 0 saturated heterocycles. The fourth-order valence-corrected chi connectivity index (χ4v) is 2.37. The van der Waals surface area contributed by atoms with Crippen molar-refractivity contribution >= 4 is 17.4 Å². The van der Waals surface area contributed by atoms with Crippen LogP contribution < -0.4 is 0 Å². The molecule has 1 aromatic rings. The third-order valence-electron chi connectivity index (χ3n) is 3.00. The van der Waals surface area contributed by atoms with Crippen LogP contribution in [-0.2, 0) is 0 Å². The van der Waals surface area contributed by atoms with Crippen LogP contribution in [0.1, 0.15) is 42.5 Å². The summed E-state index contributed by atoms with van der Waals surface area (Å²) in [7, 11) is 0. The molecule has 0 spiro atoms. The highest BCUT2D eigenvalue weighted by atomic mass is 35.5. The molecule has 2 rings (SSSR count). The smallest absolute Gasteiger partial charge is 0.204 e.